The second kappa shape index (κ2) is 4.33. The Labute approximate surface area is 103 Å². The third kappa shape index (κ3) is 1.95. The van der Waals surface area contributed by atoms with Gasteiger partial charge in [-0.05, 0) is 30.3 Å². The van der Waals surface area contributed by atoms with Crippen molar-refractivity contribution in [1.29, 1.82) is 0 Å². The molecule has 0 unspecified atom stereocenters. The van der Waals surface area contributed by atoms with Crippen LogP contribution < -0.4 is 10.5 Å². The van der Waals surface area contributed by atoms with Crippen LogP contribution in [-0.2, 0) is 6.61 Å². The Balaban J connectivity index is 1.79. The Morgan fingerprint density at radius 1 is 1.17 bits per heavy atom. The van der Waals surface area contributed by atoms with Crippen LogP contribution in [0.1, 0.15) is 5.82 Å². The van der Waals surface area contributed by atoms with Gasteiger partial charge in [-0.1, -0.05) is 0 Å². The molecule has 0 saturated carbocycles. The van der Waals surface area contributed by atoms with Crippen LogP contribution in [0.4, 0.5) is 5.69 Å². The van der Waals surface area contributed by atoms with Crippen LogP contribution in [0.25, 0.3) is 5.78 Å². The highest BCUT2D eigenvalue weighted by molar-refractivity contribution is 5.41. The summed E-state index contributed by atoms with van der Waals surface area (Å²) < 4.78 is 7.40. The second-order valence-electron chi connectivity index (χ2n) is 3.76. The lowest BCUT2D eigenvalue weighted by atomic mass is 10.3. The van der Waals surface area contributed by atoms with E-state index in [1.807, 2.05) is 24.4 Å². The van der Waals surface area contributed by atoms with E-state index in [-0.39, 0.29) is 0 Å². The predicted octanol–water partition coefficient (Wildman–Crippen LogP) is 1.29. The Hall–Kier alpha value is -2.63. The highest BCUT2D eigenvalue weighted by atomic mass is 16.5. The molecule has 3 aromatic rings. The van der Waals surface area contributed by atoms with Gasteiger partial charge in [0, 0.05) is 18.1 Å². The fraction of sp³-hybridized carbons (Fsp3) is 0.0833. The summed E-state index contributed by atoms with van der Waals surface area (Å²) in [6, 6.07) is 9.04. The lowest BCUT2D eigenvalue weighted by molar-refractivity contribution is 0.294. The number of hydrogen-bond acceptors (Lipinski definition) is 5. The molecule has 0 spiro atoms. The maximum absolute atomic E-state index is 5.61. The third-order valence-corrected chi connectivity index (χ3v) is 2.51. The maximum atomic E-state index is 5.61. The van der Waals surface area contributed by atoms with E-state index in [2.05, 4.69) is 15.2 Å². The highest BCUT2D eigenvalue weighted by Gasteiger charge is 2.05. The average Bonchev–Trinajstić information content (AvgIpc) is 2.82. The van der Waals surface area contributed by atoms with Crippen molar-refractivity contribution in [3.8, 4) is 5.75 Å². The molecule has 2 heterocycles. The van der Waals surface area contributed by atoms with Crippen LogP contribution in [-0.4, -0.2) is 19.6 Å². The summed E-state index contributed by atoms with van der Waals surface area (Å²) >= 11 is 0. The summed E-state index contributed by atoms with van der Waals surface area (Å²) in [4.78, 5) is 4.09. The quantitative estimate of drug-likeness (QED) is 0.699. The number of nitrogens with two attached hydrogens (primary N) is 1. The molecule has 1 aromatic carbocycles. The molecule has 0 aliphatic heterocycles. The van der Waals surface area contributed by atoms with Gasteiger partial charge in [-0.3, -0.25) is 4.40 Å². The molecule has 0 amide bonds. The summed E-state index contributed by atoms with van der Waals surface area (Å²) in [6.45, 7) is 0.330. The fourth-order valence-corrected chi connectivity index (χ4v) is 1.60. The van der Waals surface area contributed by atoms with Crippen LogP contribution >= 0.6 is 0 Å². The first kappa shape index (κ1) is 10.5. The number of hydrogen-bond donors (Lipinski definition) is 1. The minimum absolute atomic E-state index is 0.330. The topological polar surface area (TPSA) is 78.3 Å². The first-order valence-corrected chi connectivity index (χ1v) is 5.46. The third-order valence-electron chi connectivity index (χ3n) is 2.51. The smallest absolute Gasteiger partial charge is 0.255 e. The second-order valence-corrected chi connectivity index (χ2v) is 3.76. The first-order chi connectivity index (χ1) is 8.83. The van der Waals surface area contributed by atoms with Crippen molar-refractivity contribution in [2.45, 2.75) is 6.61 Å². The number of rotatable bonds is 3. The zero-order valence-corrected chi connectivity index (χ0v) is 9.52. The molecule has 6 nitrogen and oxygen atoms in total. The molecule has 0 atom stereocenters. The molecular formula is C12H11N5O. The Morgan fingerprint density at radius 2 is 2.00 bits per heavy atom. The SMILES string of the molecule is Nc1ccc(OCc2nnc3ncccn23)cc1. The number of nitrogen functional groups attached to an aromatic ring is 1. The average molecular weight is 241 g/mol. The summed E-state index contributed by atoms with van der Waals surface area (Å²) in [6.07, 6.45) is 3.53. The number of fused-ring (bicyclic) bond motifs is 1. The van der Waals surface area contributed by atoms with Crippen LogP contribution in [0.3, 0.4) is 0 Å². The van der Waals surface area contributed by atoms with Gasteiger partial charge < -0.3 is 10.5 Å². The van der Waals surface area contributed by atoms with Crippen molar-refractivity contribution in [1.82, 2.24) is 19.6 Å². The van der Waals surface area contributed by atoms with Crippen LogP contribution in [0.2, 0.25) is 0 Å². The molecule has 0 aliphatic rings. The van der Waals surface area contributed by atoms with Crippen molar-refractivity contribution in [3.63, 3.8) is 0 Å². The molecule has 2 N–H and O–H groups in total. The number of ether oxygens (including phenoxy) is 1. The molecule has 90 valence electrons. The number of nitrogens with zero attached hydrogens (tertiary/aromatic N) is 4. The molecule has 6 heteroatoms. The van der Waals surface area contributed by atoms with E-state index >= 15 is 0 Å². The fourth-order valence-electron chi connectivity index (χ4n) is 1.60. The van der Waals surface area contributed by atoms with Crippen molar-refractivity contribution in [3.05, 3.63) is 48.5 Å². The summed E-state index contributed by atoms with van der Waals surface area (Å²) in [5, 5.41) is 7.98. The standard InChI is InChI=1S/C12H11N5O/c13-9-2-4-10(5-3-9)18-8-11-15-16-12-14-6-1-7-17(11)12/h1-7H,8,13H2. The van der Waals surface area contributed by atoms with Gasteiger partial charge >= 0.3 is 0 Å². The number of benzene rings is 1. The van der Waals surface area contributed by atoms with Crippen molar-refractivity contribution in [2.75, 3.05) is 5.73 Å². The number of aromatic nitrogens is 4. The van der Waals surface area contributed by atoms with Gasteiger partial charge in [-0.2, -0.15) is 0 Å². The van der Waals surface area contributed by atoms with E-state index in [1.54, 1.807) is 22.7 Å². The molecule has 0 saturated heterocycles. The van der Waals surface area contributed by atoms with Gasteiger partial charge in [0.15, 0.2) is 5.82 Å². The first-order valence-electron chi connectivity index (χ1n) is 5.46. The van der Waals surface area contributed by atoms with E-state index in [9.17, 15) is 0 Å². The van der Waals surface area contributed by atoms with Gasteiger partial charge in [0.05, 0.1) is 0 Å². The van der Waals surface area contributed by atoms with Gasteiger partial charge in [-0.15, -0.1) is 10.2 Å². The summed E-state index contributed by atoms with van der Waals surface area (Å²) in [7, 11) is 0. The molecule has 3 rings (SSSR count). The maximum Gasteiger partial charge on any atom is 0.255 e. The highest BCUT2D eigenvalue weighted by Crippen LogP contribution is 2.14. The van der Waals surface area contributed by atoms with Crippen molar-refractivity contribution < 1.29 is 4.74 Å². The van der Waals surface area contributed by atoms with E-state index in [4.69, 9.17) is 10.5 Å². The zero-order chi connectivity index (χ0) is 12.4. The van der Waals surface area contributed by atoms with E-state index < -0.39 is 0 Å². The minimum Gasteiger partial charge on any atom is -0.486 e. The van der Waals surface area contributed by atoms with Crippen molar-refractivity contribution >= 4 is 11.5 Å². The molecule has 2 aromatic heterocycles. The monoisotopic (exact) mass is 241 g/mol. The molecule has 0 bridgehead atoms. The number of anilines is 1. The largest absolute Gasteiger partial charge is 0.486 e. The Bertz CT molecular complexity index is 662. The molecular weight excluding hydrogens is 230 g/mol. The van der Waals surface area contributed by atoms with Gasteiger partial charge in [0.1, 0.15) is 12.4 Å². The Morgan fingerprint density at radius 3 is 2.83 bits per heavy atom. The minimum atomic E-state index is 0.330. The van der Waals surface area contributed by atoms with Gasteiger partial charge in [0.2, 0.25) is 0 Å². The molecule has 0 aliphatic carbocycles. The van der Waals surface area contributed by atoms with Crippen LogP contribution in [0, 0.1) is 0 Å². The normalized spacial score (nSPS) is 10.7. The van der Waals surface area contributed by atoms with Gasteiger partial charge in [-0.25, -0.2) is 4.98 Å². The predicted molar refractivity (Wildman–Crippen MR) is 66.0 cm³/mol. The zero-order valence-electron chi connectivity index (χ0n) is 9.52. The van der Waals surface area contributed by atoms with E-state index in [1.165, 1.54) is 0 Å². The molecule has 0 fully saturated rings. The van der Waals surface area contributed by atoms with Crippen LogP contribution in [0.15, 0.2) is 42.7 Å². The lowest BCUT2D eigenvalue weighted by Crippen LogP contribution is -2.01. The summed E-state index contributed by atoms with van der Waals surface area (Å²) in [5.41, 5.74) is 6.31. The van der Waals surface area contributed by atoms with Gasteiger partial charge in [0.25, 0.3) is 5.78 Å². The van der Waals surface area contributed by atoms with E-state index in [0.29, 0.717) is 23.9 Å². The lowest BCUT2D eigenvalue weighted by Gasteiger charge is -2.04. The van der Waals surface area contributed by atoms with E-state index in [0.717, 1.165) is 5.75 Å². The summed E-state index contributed by atoms with van der Waals surface area (Å²) in [5.74, 6) is 2.01. The van der Waals surface area contributed by atoms with Crippen LogP contribution in [0.5, 0.6) is 5.75 Å². The van der Waals surface area contributed by atoms with Crippen molar-refractivity contribution in [2.24, 2.45) is 0 Å². The molecule has 18 heavy (non-hydrogen) atoms. The Kier molecular flexibility index (Phi) is 2.53. The molecule has 0 radical (unpaired) electrons.